The highest BCUT2D eigenvalue weighted by molar-refractivity contribution is 5.84. The summed E-state index contributed by atoms with van der Waals surface area (Å²) in [5.41, 5.74) is 0. The number of hydrogen-bond donors (Lipinski definition) is 4. The number of hydrogen-bond acceptors (Lipinski definition) is 4. The van der Waals surface area contributed by atoms with Crippen LogP contribution in [0.15, 0.2) is 0 Å². The van der Waals surface area contributed by atoms with E-state index in [2.05, 4.69) is 10.6 Å². The molecule has 2 fully saturated rings. The topological polar surface area (TPSA) is 119 Å². The van der Waals surface area contributed by atoms with Crippen LogP contribution in [0.4, 0.5) is 4.79 Å². The number of urea groups is 1. The molecule has 0 aromatic carbocycles. The molecule has 8 nitrogen and oxygen atoms in total. The third-order valence-electron chi connectivity index (χ3n) is 3.59. The number of aliphatic carboxylic acids is 1. The number of aliphatic hydroxyl groups excluding tert-OH is 1. The Balaban J connectivity index is 1.91. The maximum atomic E-state index is 11.9. The van der Waals surface area contributed by atoms with E-state index in [1.807, 2.05) is 0 Å². The van der Waals surface area contributed by atoms with Crippen molar-refractivity contribution in [3.05, 3.63) is 0 Å². The Bertz CT molecular complexity index is 400. The van der Waals surface area contributed by atoms with Crippen LogP contribution in [0.25, 0.3) is 0 Å². The van der Waals surface area contributed by atoms with E-state index in [1.54, 1.807) is 4.90 Å². The van der Waals surface area contributed by atoms with Crippen molar-refractivity contribution in [2.45, 2.75) is 25.0 Å². The monoisotopic (exact) mass is 271 g/mol. The van der Waals surface area contributed by atoms with E-state index in [-0.39, 0.29) is 24.4 Å². The minimum absolute atomic E-state index is 0.0342. The Morgan fingerprint density at radius 2 is 2.26 bits per heavy atom. The number of carboxylic acids is 1. The second-order valence-electron chi connectivity index (χ2n) is 4.79. The number of aliphatic hydroxyl groups is 1. The van der Waals surface area contributed by atoms with Crippen LogP contribution in [0.2, 0.25) is 0 Å². The fourth-order valence-corrected chi connectivity index (χ4v) is 2.58. The second kappa shape index (κ2) is 5.43. The quantitative estimate of drug-likeness (QED) is 0.490. The summed E-state index contributed by atoms with van der Waals surface area (Å²) < 4.78 is 0. The second-order valence-corrected chi connectivity index (χ2v) is 4.79. The molecule has 3 atom stereocenters. The minimum atomic E-state index is -1.62. The summed E-state index contributed by atoms with van der Waals surface area (Å²) in [6.07, 6.45) is -0.116. The van der Waals surface area contributed by atoms with E-state index in [0.717, 1.165) is 12.8 Å². The molecule has 0 bridgehead atoms. The van der Waals surface area contributed by atoms with E-state index >= 15 is 0 Å². The zero-order valence-electron chi connectivity index (χ0n) is 10.3. The van der Waals surface area contributed by atoms with E-state index in [0.29, 0.717) is 13.1 Å². The molecule has 4 N–H and O–H groups in total. The van der Waals surface area contributed by atoms with Gasteiger partial charge in [-0.15, -0.1) is 0 Å². The summed E-state index contributed by atoms with van der Waals surface area (Å²) >= 11 is 0. The maximum absolute atomic E-state index is 11.9. The lowest BCUT2D eigenvalue weighted by atomic mass is 9.92. The van der Waals surface area contributed by atoms with Crippen LogP contribution in [0, 0.1) is 5.92 Å². The molecule has 3 unspecified atom stereocenters. The number of fused-ring (bicyclic) bond motifs is 1. The average molecular weight is 271 g/mol. The van der Waals surface area contributed by atoms with Gasteiger partial charge in [0.15, 0.2) is 6.10 Å². The lowest BCUT2D eigenvalue weighted by Crippen LogP contribution is -2.53. The third-order valence-corrected chi connectivity index (χ3v) is 3.59. The molecule has 3 amide bonds. The minimum Gasteiger partial charge on any atom is -0.479 e. The highest BCUT2D eigenvalue weighted by Crippen LogP contribution is 2.27. The number of carbonyl (C=O) groups is 3. The molecule has 2 heterocycles. The van der Waals surface area contributed by atoms with Crippen molar-refractivity contribution in [3.63, 3.8) is 0 Å². The number of likely N-dealkylation sites (tertiary alicyclic amines) is 1. The Kier molecular flexibility index (Phi) is 3.89. The smallest absolute Gasteiger partial charge is 0.334 e. The third kappa shape index (κ3) is 2.78. The summed E-state index contributed by atoms with van der Waals surface area (Å²) in [5, 5.41) is 22.7. The van der Waals surface area contributed by atoms with Gasteiger partial charge in [-0.05, 0) is 12.8 Å². The number of carboxylic acid groups (broad SMARTS) is 1. The van der Waals surface area contributed by atoms with Crippen molar-refractivity contribution in [2.75, 3.05) is 19.6 Å². The van der Waals surface area contributed by atoms with E-state index in [1.165, 1.54) is 0 Å². The first-order valence-corrected chi connectivity index (χ1v) is 6.23. The van der Waals surface area contributed by atoms with Crippen LogP contribution in [0.3, 0.4) is 0 Å². The maximum Gasteiger partial charge on any atom is 0.334 e. The van der Waals surface area contributed by atoms with Gasteiger partial charge in [0, 0.05) is 13.1 Å². The summed E-state index contributed by atoms with van der Waals surface area (Å²) in [6.45, 7) is 0.618. The van der Waals surface area contributed by atoms with Gasteiger partial charge in [0.25, 0.3) is 0 Å². The molecule has 106 valence electrons. The molecule has 0 aliphatic carbocycles. The molecular weight excluding hydrogens is 254 g/mol. The number of nitrogens with zero attached hydrogens (tertiary/aromatic N) is 1. The van der Waals surface area contributed by atoms with Crippen LogP contribution in [0.5, 0.6) is 0 Å². The molecule has 0 radical (unpaired) electrons. The van der Waals surface area contributed by atoms with Gasteiger partial charge >= 0.3 is 12.0 Å². The Morgan fingerprint density at radius 1 is 1.53 bits per heavy atom. The molecular formula is C11H17N3O5. The first-order chi connectivity index (χ1) is 9.00. The van der Waals surface area contributed by atoms with Gasteiger partial charge in [0.2, 0.25) is 5.91 Å². The first kappa shape index (κ1) is 13.6. The molecule has 2 rings (SSSR count). The van der Waals surface area contributed by atoms with Gasteiger partial charge in [0.1, 0.15) is 0 Å². The van der Waals surface area contributed by atoms with Crippen LogP contribution in [-0.4, -0.2) is 64.8 Å². The molecule has 0 aromatic heterocycles. The fourth-order valence-electron chi connectivity index (χ4n) is 2.58. The summed E-state index contributed by atoms with van der Waals surface area (Å²) in [6, 6.07) is -0.616. The van der Waals surface area contributed by atoms with Gasteiger partial charge in [0.05, 0.1) is 18.5 Å². The largest absolute Gasteiger partial charge is 0.479 e. The SMILES string of the molecule is O=C(O)C(O)CNC(=O)N1CCCC2C(=O)NCC21. The van der Waals surface area contributed by atoms with Gasteiger partial charge in [-0.3, -0.25) is 4.79 Å². The van der Waals surface area contributed by atoms with Gasteiger partial charge in [-0.2, -0.15) is 0 Å². The Labute approximate surface area is 109 Å². The predicted molar refractivity (Wildman–Crippen MR) is 63.3 cm³/mol. The van der Waals surface area contributed by atoms with Crippen molar-refractivity contribution in [1.82, 2.24) is 15.5 Å². The molecule has 0 aromatic rings. The lowest BCUT2D eigenvalue weighted by molar-refractivity contribution is -0.146. The van der Waals surface area contributed by atoms with Crippen LogP contribution in [0.1, 0.15) is 12.8 Å². The van der Waals surface area contributed by atoms with Gasteiger partial charge in [-0.1, -0.05) is 0 Å². The van der Waals surface area contributed by atoms with E-state index in [9.17, 15) is 14.4 Å². The molecule has 2 saturated heterocycles. The van der Waals surface area contributed by atoms with Crippen molar-refractivity contribution in [2.24, 2.45) is 5.92 Å². The van der Waals surface area contributed by atoms with Crippen molar-refractivity contribution >= 4 is 17.9 Å². The standard InChI is InChI=1S/C11H17N3O5/c15-8(10(17)18)5-13-11(19)14-3-1-2-6-7(14)4-12-9(6)16/h6-8,15H,1-5H2,(H,12,16)(H,13,19)(H,17,18). The van der Waals surface area contributed by atoms with Crippen molar-refractivity contribution in [1.29, 1.82) is 0 Å². The molecule has 2 aliphatic rings. The summed E-state index contributed by atoms with van der Waals surface area (Å²) in [4.78, 5) is 35.5. The number of carbonyl (C=O) groups excluding carboxylic acids is 2. The zero-order valence-corrected chi connectivity index (χ0v) is 10.3. The number of amides is 3. The zero-order chi connectivity index (χ0) is 14.0. The molecule has 0 spiro atoms. The number of rotatable bonds is 3. The Morgan fingerprint density at radius 3 is 2.95 bits per heavy atom. The first-order valence-electron chi connectivity index (χ1n) is 6.23. The highest BCUT2D eigenvalue weighted by Gasteiger charge is 2.42. The lowest BCUT2D eigenvalue weighted by Gasteiger charge is -2.35. The van der Waals surface area contributed by atoms with Crippen molar-refractivity contribution in [3.8, 4) is 0 Å². The van der Waals surface area contributed by atoms with Crippen LogP contribution >= 0.6 is 0 Å². The normalized spacial score (nSPS) is 27.4. The molecule has 8 heteroatoms. The fraction of sp³-hybridized carbons (Fsp3) is 0.727. The van der Waals surface area contributed by atoms with Crippen LogP contribution < -0.4 is 10.6 Å². The number of nitrogens with one attached hydrogen (secondary N) is 2. The summed E-state index contributed by atoms with van der Waals surface area (Å²) in [7, 11) is 0. The van der Waals surface area contributed by atoms with E-state index in [4.69, 9.17) is 10.2 Å². The number of piperidine rings is 1. The summed E-state index contributed by atoms with van der Waals surface area (Å²) in [5.74, 6) is -1.59. The van der Waals surface area contributed by atoms with Crippen LogP contribution in [-0.2, 0) is 9.59 Å². The van der Waals surface area contributed by atoms with Gasteiger partial charge in [-0.25, -0.2) is 9.59 Å². The average Bonchev–Trinajstić information content (AvgIpc) is 2.77. The predicted octanol–water partition coefficient (Wildman–Crippen LogP) is -1.65. The molecule has 19 heavy (non-hydrogen) atoms. The molecule has 0 saturated carbocycles. The highest BCUT2D eigenvalue weighted by atomic mass is 16.4. The van der Waals surface area contributed by atoms with Gasteiger partial charge < -0.3 is 25.7 Å². The Hall–Kier alpha value is -1.83. The van der Waals surface area contributed by atoms with E-state index < -0.39 is 18.1 Å². The molecule has 2 aliphatic heterocycles. The van der Waals surface area contributed by atoms with Crippen molar-refractivity contribution < 1.29 is 24.6 Å².